The first-order valence-electron chi connectivity index (χ1n) is 5.32. The van der Waals surface area contributed by atoms with Gasteiger partial charge in [0.2, 0.25) is 5.91 Å². The first-order valence-corrected chi connectivity index (χ1v) is 7.14. The van der Waals surface area contributed by atoms with Gasteiger partial charge in [-0.15, -0.1) is 0 Å². The van der Waals surface area contributed by atoms with E-state index in [0.717, 1.165) is 0 Å². The van der Waals surface area contributed by atoms with E-state index in [-0.39, 0.29) is 24.0 Å². The predicted molar refractivity (Wildman–Crippen MR) is 65.0 cm³/mol. The van der Waals surface area contributed by atoms with Crippen LogP contribution in [-0.4, -0.2) is 46.0 Å². The zero-order chi connectivity index (χ0) is 12.8. The van der Waals surface area contributed by atoms with E-state index in [1.165, 1.54) is 0 Å². The summed E-state index contributed by atoms with van der Waals surface area (Å²) in [5.74, 6) is -0.0258. The molecule has 0 saturated carbocycles. The maximum atomic E-state index is 11.4. The summed E-state index contributed by atoms with van der Waals surface area (Å²) in [6, 6.07) is 0. The van der Waals surface area contributed by atoms with Gasteiger partial charge in [-0.25, -0.2) is 8.42 Å². The number of amides is 1. The normalized spacial score (nSPS) is 12.5. The number of hydrogen-bond donors (Lipinski definition) is 2. The minimum absolute atomic E-state index is 0.00347. The van der Waals surface area contributed by atoms with Gasteiger partial charge in [0.1, 0.15) is 0 Å². The van der Waals surface area contributed by atoms with Crippen LogP contribution in [0.2, 0.25) is 0 Å². The molecule has 0 fully saturated rings. The number of hydrogen-bond acceptors (Lipinski definition) is 4. The molecule has 0 atom stereocenters. The van der Waals surface area contributed by atoms with Gasteiger partial charge in [-0.05, 0) is 7.05 Å². The van der Waals surface area contributed by atoms with Gasteiger partial charge in [-0.3, -0.25) is 4.79 Å². The Kier molecular flexibility index (Phi) is 5.96. The lowest BCUT2D eigenvalue weighted by Crippen LogP contribution is -2.38. The highest BCUT2D eigenvalue weighted by molar-refractivity contribution is 7.91. The Hall–Kier alpha value is -0.620. The molecule has 16 heavy (non-hydrogen) atoms. The van der Waals surface area contributed by atoms with Gasteiger partial charge in [0, 0.05) is 18.5 Å². The molecule has 0 unspecified atom stereocenters. The summed E-state index contributed by atoms with van der Waals surface area (Å²) in [7, 11) is -1.36. The minimum Gasteiger partial charge on any atom is -0.355 e. The molecular weight excluding hydrogens is 228 g/mol. The highest BCUT2D eigenvalue weighted by atomic mass is 32.2. The van der Waals surface area contributed by atoms with Crippen LogP contribution in [0.5, 0.6) is 0 Å². The Bertz CT molecular complexity index is 317. The Morgan fingerprint density at radius 3 is 2.06 bits per heavy atom. The number of nitrogens with one attached hydrogen (secondary N) is 2. The fourth-order valence-corrected chi connectivity index (χ4v) is 2.08. The quantitative estimate of drug-likeness (QED) is 0.683. The van der Waals surface area contributed by atoms with Crippen molar-refractivity contribution < 1.29 is 13.2 Å². The zero-order valence-electron chi connectivity index (χ0n) is 10.5. The van der Waals surface area contributed by atoms with Crippen molar-refractivity contribution in [3.05, 3.63) is 0 Å². The van der Waals surface area contributed by atoms with E-state index in [1.54, 1.807) is 27.8 Å². The third-order valence-electron chi connectivity index (χ3n) is 2.04. The largest absolute Gasteiger partial charge is 0.355 e. The molecule has 6 heteroatoms. The van der Waals surface area contributed by atoms with Crippen LogP contribution >= 0.6 is 0 Å². The summed E-state index contributed by atoms with van der Waals surface area (Å²) in [6.07, 6.45) is 0. The topological polar surface area (TPSA) is 75.3 Å². The Morgan fingerprint density at radius 2 is 1.62 bits per heavy atom. The van der Waals surface area contributed by atoms with E-state index >= 15 is 0 Å². The first kappa shape index (κ1) is 15.4. The zero-order valence-corrected chi connectivity index (χ0v) is 11.3. The lowest BCUT2D eigenvalue weighted by atomic mass is 9.96. The number of carbonyl (C=O) groups is 1. The molecule has 0 aliphatic rings. The fourth-order valence-electron chi connectivity index (χ4n) is 0.945. The van der Waals surface area contributed by atoms with E-state index in [9.17, 15) is 13.2 Å². The molecule has 0 aromatic heterocycles. The van der Waals surface area contributed by atoms with Crippen molar-refractivity contribution in [3.8, 4) is 0 Å². The average molecular weight is 250 g/mol. The summed E-state index contributed by atoms with van der Waals surface area (Å²) < 4.78 is 22.9. The van der Waals surface area contributed by atoms with Crippen LogP contribution in [0.4, 0.5) is 0 Å². The number of carbonyl (C=O) groups excluding carboxylic acids is 1. The molecule has 0 spiro atoms. The molecular formula is C10H22N2O3S. The van der Waals surface area contributed by atoms with Crippen molar-refractivity contribution in [2.75, 3.05) is 31.6 Å². The monoisotopic (exact) mass is 250 g/mol. The third kappa shape index (κ3) is 6.79. The van der Waals surface area contributed by atoms with Gasteiger partial charge in [0.15, 0.2) is 9.84 Å². The summed E-state index contributed by atoms with van der Waals surface area (Å²) in [5, 5.41) is 5.40. The summed E-state index contributed by atoms with van der Waals surface area (Å²) in [4.78, 5) is 11.4. The molecule has 0 saturated heterocycles. The molecule has 0 heterocycles. The molecule has 0 aromatic rings. The summed E-state index contributed by atoms with van der Waals surface area (Å²) in [5.41, 5.74) is -0.477. The van der Waals surface area contributed by atoms with Crippen molar-refractivity contribution in [1.29, 1.82) is 0 Å². The van der Waals surface area contributed by atoms with Gasteiger partial charge >= 0.3 is 0 Å². The van der Waals surface area contributed by atoms with Crippen molar-refractivity contribution in [3.63, 3.8) is 0 Å². The second kappa shape index (κ2) is 6.20. The first-order chi connectivity index (χ1) is 7.19. The molecule has 0 bridgehead atoms. The molecule has 0 aromatic carbocycles. The highest BCUT2D eigenvalue weighted by Gasteiger charge is 2.21. The van der Waals surface area contributed by atoms with E-state index in [0.29, 0.717) is 6.54 Å². The molecule has 1 amide bonds. The molecule has 0 aliphatic carbocycles. The lowest BCUT2D eigenvalue weighted by molar-refractivity contribution is -0.128. The van der Waals surface area contributed by atoms with Crippen LogP contribution in [0.15, 0.2) is 0 Å². The maximum absolute atomic E-state index is 11.4. The van der Waals surface area contributed by atoms with E-state index in [1.807, 2.05) is 0 Å². The smallest absolute Gasteiger partial charge is 0.225 e. The van der Waals surface area contributed by atoms with Gasteiger partial charge in [0.25, 0.3) is 0 Å². The maximum Gasteiger partial charge on any atom is 0.225 e. The van der Waals surface area contributed by atoms with E-state index in [2.05, 4.69) is 10.6 Å². The Balaban J connectivity index is 3.95. The summed E-state index contributed by atoms with van der Waals surface area (Å²) >= 11 is 0. The Morgan fingerprint density at radius 1 is 1.12 bits per heavy atom. The third-order valence-corrected chi connectivity index (χ3v) is 3.70. The highest BCUT2D eigenvalue weighted by Crippen LogP contribution is 2.11. The second-order valence-corrected chi connectivity index (χ2v) is 7.06. The average Bonchev–Trinajstić information content (AvgIpc) is 2.13. The van der Waals surface area contributed by atoms with Crippen LogP contribution in [0, 0.1) is 5.41 Å². The van der Waals surface area contributed by atoms with Crippen molar-refractivity contribution in [2.24, 2.45) is 5.41 Å². The van der Waals surface area contributed by atoms with Crippen LogP contribution in [0.3, 0.4) is 0 Å². The molecule has 2 N–H and O–H groups in total. The Labute approximate surface area is 97.9 Å². The van der Waals surface area contributed by atoms with Crippen molar-refractivity contribution in [1.82, 2.24) is 10.6 Å². The van der Waals surface area contributed by atoms with Gasteiger partial charge in [0.05, 0.1) is 11.5 Å². The van der Waals surface area contributed by atoms with Gasteiger partial charge in [-0.1, -0.05) is 20.8 Å². The molecule has 96 valence electrons. The SMILES string of the molecule is CNCCS(=O)(=O)CCNC(=O)C(C)(C)C. The second-order valence-electron chi connectivity index (χ2n) is 4.76. The van der Waals surface area contributed by atoms with E-state index < -0.39 is 15.3 Å². The standard InChI is InChI=1S/C10H22N2O3S/c1-10(2,3)9(13)12-6-8-16(14,15)7-5-11-4/h11H,5-8H2,1-4H3,(H,12,13). The van der Waals surface area contributed by atoms with Gasteiger partial charge < -0.3 is 10.6 Å². The minimum atomic E-state index is -3.06. The van der Waals surface area contributed by atoms with Crippen LogP contribution in [0.25, 0.3) is 0 Å². The number of sulfone groups is 1. The molecule has 0 rings (SSSR count). The summed E-state index contributed by atoms with van der Waals surface area (Å²) in [6.45, 7) is 5.99. The van der Waals surface area contributed by atoms with Crippen LogP contribution in [-0.2, 0) is 14.6 Å². The lowest BCUT2D eigenvalue weighted by Gasteiger charge is -2.17. The van der Waals surface area contributed by atoms with Crippen LogP contribution < -0.4 is 10.6 Å². The molecule has 5 nitrogen and oxygen atoms in total. The fraction of sp³-hybridized carbons (Fsp3) is 0.900. The van der Waals surface area contributed by atoms with Gasteiger partial charge in [-0.2, -0.15) is 0 Å². The molecule has 0 aliphatic heterocycles. The van der Waals surface area contributed by atoms with Crippen molar-refractivity contribution in [2.45, 2.75) is 20.8 Å². The molecule has 0 radical (unpaired) electrons. The van der Waals surface area contributed by atoms with Crippen LogP contribution in [0.1, 0.15) is 20.8 Å². The number of rotatable bonds is 6. The van der Waals surface area contributed by atoms with Crippen molar-refractivity contribution >= 4 is 15.7 Å². The predicted octanol–water partition coefficient (Wildman–Crippen LogP) is -0.217. The van der Waals surface area contributed by atoms with E-state index in [4.69, 9.17) is 0 Å².